The molecule has 2 aromatic heterocycles. The van der Waals surface area contributed by atoms with Gasteiger partial charge in [-0.05, 0) is 51.4 Å². The Labute approximate surface area is 165 Å². The number of thiazole rings is 1. The Morgan fingerprint density at radius 3 is 2.80 bits per heavy atom. The predicted octanol–water partition coefficient (Wildman–Crippen LogP) is 3.47. The van der Waals surface area contributed by atoms with Gasteiger partial charge in [0.15, 0.2) is 0 Å². The molecule has 8 heteroatoms. The SMILES string of the molecule is Cc1ncsc1C(=O)N(Cc1ccccn1)C1CCCNCC1.Cl.Cl. The minimum Gasteiger partial charge on any atom is -0.329 e. The summed E-state index contributed by atoms with van der Waals surface area (Å²) in [7, 11) is 0. The van der Waals surface area contributed by atoms with Crippen molar-refractivity contribution in [3.63, 3.8) is 0 Å². The van der Waals surface area contributed by atoms with Gasteiger partial charge in [0.05, 0.1) is 23.4 Å². The van der Waals surface area contributed by atoms with Crippen LogP contribution in [0.3, 0.4) is 0 Å². The number of aryl methyl sites for hydroxylation is 1. The van der Waals surface area contributed by atoms with Crippen molar-refractivity contribution in [1.82, 2.24) is 20.2 Å². The van der Waals surface area contributed by atoms with Gasteiger partial charge >= 0.3 is 0 Å². The van der Waals surface area contributed by atoms with E-state index in [2.05, 4.69) is 15.3 Å². The van der Waals surface area contributed by atoms with Crippen molar-refractivity contribution in [1.29, 1.82) is 0 Å². The Hall–Kier alpha value is -1.21. The van der Waals surface area contributed by atoms with Crippen molar-refractivity contribution in [2.24, 2.45) is 0 Å². The van der Waals surface area contributed by atoms with E-state index in [0.29, 0.717) is 6.54 Å². The summed E-state index contributed by atoms with van der Waals surface area (Å²) in [6.45, 7) is 4.44. The topological polar surface area (TPSA) is 58.1 Å². The normalized spacial score (nSPS) is 16.9. The molecule has 3 heterocycles. The van der Waals surface area contributed by atoms with E-state index >= 15 is 0 Å². The molecule has 0 aliphatic carbocycles. The number of aromatic nitrogens is 2. The van der Waals surface area contributed by atoms with Gasteiger partial charge in [-0.15, -0.1) is 36.2 Å². The molecule has 25 heavy (non-hydrogen) atoms. The number of carbonyl (C=O) groups is 1. The van der Waals surface area contributed by atoms with Crippen LogP contribution < -0.4 is 5.32 Å². The maximum Gasteiger partial charge on any atom is 0.266 e. The van der Waals surface area contributed by atoms with E-state index in [1.165, 1.54) is 11.3 Å². The van der Waals surface area contributed by atoms with Crippen LogP contribution in [0.15, 0.2) is 29.9 Å². The van der Waals surface area contributed by atoms with Gasteiger partial charge in [-0.25, -0.2) is 4.98 Å². The van der Waals surface area contributed by atoms with Gasteiger partial charge in [-0.1, -0.05) is 6.07 Å². The lowest BCUT2D eigenvalue weighted by Crippen LogP contribution is -2.40. The van der Waals surface area contributed by atoms with Gasteiger partial charge in [-0.2, -0.15) is 0 Å². The van der Waals surface area contributed by atoms with Gasteiger partial charge in [0, 0.05) is 12.2 Å². The highest BCUT2D eigenvalue weighted by Crippen LogP contribution is 2.22. The number of pyridine rings is 1. The molecule has 138 valence electrons. The first kappa shape index (κ1) is 21.8. The molecular formula is C17H24Cl2N4OS. The summed E-state index contributed by atoms with van der Waals surface area (Å²) in [6.07, 6.45) is 4.89. The fraction of sp³-hybridized carbons (Fsp3) is 0.471. The van der Waals surface area contributed by atoms with Gasteiger partial charge in [0.25, 0.3) is 5.91 Å². The molecule has 1 aliphatic rings. The Morgan fingerprint density at radius 1 is 1.28 bits per heavy atom. The van der Waals surface area contributed by atoms with E-state index in [1.807, 2.05) is 30.0 Å². The monoisotopic (exact) mass is 402 g/mol. The van der Waals surface area contributed by atoms with Crippen LogP contribution in [0.5, 0.6) is 0 Å². The highest BCUT2D eigenvalue weighted by molar-refractivity contribution is 7.11. The van der Waals surface area contributed by atoms with Crippen LogP contribution in [0.1, 0.15) is 40.3 Å². The maximum atomic E-state index is 13.1. The van der Waals surface area contributed by atoms with E-state index in [1.54, 1.807) is 11.7 Å². The van der Waals surface area contributed by atoms with Crippen molar-refractivity contribution in [3.8, 4) is 0 Å². The molecule has 0 aromatic carbocycles. The summed E-state index contributed by atoms with van der Waals surface area (Å²) in [5.41, 5.74) is 3.49. The Balaban J connectivity index is 0.00000156. The number of halogens is 2. The number of hydrogen-bond donors (Lipinski definition) is 1. The number of amides is 1. The highest BCUT2D eigenvalue weighted by Gasteiger charge is 2.27. The third-order valence-electron chi connectivity index (χ3n) is 4.25. The van der Waals surface area contributed by atoms with Gasteiger partial charge in [-0.3, -0.25) is 9.78 Å². The van der Waals surface area contributed by atoms with E-state index in [-0.39, 0.29) is 36.8 Å². The molecule has 1 N–H and O–H groups in total. The fourth-order valence-electron chi connectivity index (χ4n) is 2.98. The zero-order chi connectivity index (χ0) is 16.1. The molecule has 1 atom stereocenters. The van der Waals surface area contributed by atoms with Crippen molar-refractivity contribution >= 4 is 42.1 Å². The smallest absolute Gasteiger partial charge is 0.266 e. The van der Waals surface area contributed by atoms with E-state index < -0.39 is 0 Å². The third-order valence-corrected chi connectivity index (χ3v) is 5.16. The second kappa shape index (κ2) is 10.7. The summed E-state index contributed by atoms with van der Waals surface area (Å²) >= 11 is 1.43. The van der Waals surface area contributed by atoms with Crippen molar-refractivity contribution in [2.45, 2.75) is 38.8 Å². The molecule has 5 nitrogen and oxygen atoms in total. The molecule has 1 aliphatic heterocycles. The molecule has 0 radical (unpaired) electrons. The second-order valence-electron chi connectivity index (χ2n) is 5.86. The third kappa shape index (κ3) is 5.64. The van der Waals surface area contributed by atoms with Crippen LogP contribution in [0.2, 0.25) is 0 Å². The van der Waals surface area contributed by atoms with Crippen LogP contribution >= 0.6 is 36.2 Å². The van der Waals surface area contributed by atoms with Crippen LogP contribution in [0.4, 0.5) is 0 Å². The summed E-state index contributed by atoms with van der Waals surface area (Å²) in [4.78, 5) is 24.5. The number of nitrogens with one attached hydrogen (secondary N) is 1. The van der Waals surface area contributed by atoms with Crippen LogP contribution in [-0.2, 0) is 6.54 Å². The number of nitrogens with zero attached hydrogens (tertiary/aromatic N) is 3. The van der Waals surface area contributed by atoms with Gasteiger partial charge < -0.3 is 10.2 Å². The predicted molar refractivity (Wildman–Crippen MR) is 106 cm³/mol. The number of carbonyl (C=O) groups excluding carboxylic acids is 1. The summed E-state index contributed by atoms with van der Waals surface area (Å²) in [5.74, 6) is 0.0857. The Kier molecular flexibility index (Phi) is 9.35. The first-order chi connectivity index (χ1) is 11.3. The molecule has 0 spiro atoms. The zero-order valence-electron chi connectivity index (χ0n) is 14.2. The van der Waals surface area contributed by atoms with E-state index in [4.69, 9.17) is 0 Å². The number of rotatable bonds is 4. The summed E-state index contributed by atoms with van der Waals surface area (Å²) in [5, 5.41) is 3.42. The molecular weight excluding hydrogens is 379 g/mol. The van der Waals surface area contributed by atoms with Crippen molar-refractivity contribution in [3.05, 3.63) is 46.2 Å². The maximum absolute atomic E-state index is 13.1. The largest absolute Gasteiger partial charge is 0.329 e. The van der Waals surface area contributed by atoms with Gasteiger partial charge in [0.1, 0.15) is 4.88 Å². The lowest BCUT2D eigenvalue weighted by atomic mass is 10.1. The second-order valence-corrected chi connectivity index (χ2v) is 6.71. The lowest BCUT2D eigenvalue weighted by molar-refractivity contribution is 0.0646. The fourth-order valence-corrected chi connectivity index (χ4v) is 3.74. The summed E-state index contributed by atoms with van der Waals surface area (Å²) in [6, 6.07) is 6.10. The quantitative estimate of drug-likeness (QED) is 0.849. The lowest BCUT2D eigenvalue weighted by Gasteiger charge is -2.30. The average Bonchev–Trinajstić information content (AvgIpc) is 2.84. The van der Waals surface area contributed by atoms with E-state index in [9.17, 15) is 4.79 Å². The van der Waals surface area contributed by atoms with Gasteiger partial charge in [0.2, 0.25) is 0 Å². The van der Waals surface area contributed by atoms with Crippen LogP contribution in [-0.4, -0.2) is 39.9 Å². The standard InChI is InChI=1S/C17H22N4OS.2ClH/c1-13-16(23-12-20-13)17(22)21(11-14-5-2-3-9-19-14)15-6-4-8-18-10-7-15;;/h2-3,5,9,12,15,18H,4,6-8,10-11H2,1H3;2*1H. The molecule has 1 fully saturated rings. The van der Waals surface area contributed by atoms with E-state index in [0.717, 1.165) is 48.6 Å². The Morgan fingerprint density at radius 2 is 2.12 bits per heavy atom. The number of hydrogen-bond acceptors (Lipinski definition) is 5. The first-order valence-corrected chi connectivity index (χ1v) is 8.95. The molecule has 0 saturated carbocycles. The minimum absolute atomic E-state index is 0. The molecule has 1 amide bonds. The molecule has 2 aromatic rings. The molecule has 1 saturated heterocycles. The Bertz CT molecular complexity index is 645. The van der Waals surface area contributed by atoms with Crippen LogP contribution in [0, 0.1) is 6.92 Å². The molecule has 1 unspecified atom stereocenters. The van der Waals surface area contributed by atoms with Crippen LogP contribution in [0.25, 0.3) is 0 Å². The average molecular weight is 403 g/mol. The molecule has 3 rings (SSSR count). The highest BCUT2D eigenvalue weighted by atomic mass is 35.5. The van der Waals surface area contributed by atoms with Crippen molar-refractivity contribution in [2.75, 3.05) is 13.1 Å². The zero-order valence-corrected chi connectivity index (χ0v) is 16.6. The first-order valence-electron chi connectivity index (χ1n) is 8.07. The summed E-state index contributed by atoms with van der Waals surface area (Å²) < 4.78 is 0. The molecule has 0 bridgehead atoms. The minimum atomic E-state index is 0. The van der Waals surface area contributed by atoms with Crippen molar-refractivity contribution < 1.29 is 4.79 Å².